The van der Waals surface area contributed by atoms with Crippen molar-refractivity contribution in [2.75, 3.05) is 56.2 Å². The maximum atomic E-state index is 13.6. The van der Waals surface area contributed by atoms with Crippen LogP contribution in [-0.4, -0.2) is 82.6 Å². The Morgan fingerprint density at radius 1 is 1.16 bits per heavy atom. The van der Waals surface area contributed by atoms with Crippen LogP contribution < -0.4 is 9.80 Å². The Bertz CT molecular complexity index is 1860. The number of nitriles is 1. The van der Waals surface area contributed by atoms with Crippen molar-refractivity contribution in [1.29, 1.82) is 5.26 Å². The van der Waals surface area contributed by atoms with Gasteiger partial charge in [0.15, 0.2) is 5.13 Å². The van der Waals surface area contributed by atoms with Crippen molar-refractivity contribution in [3.8, 4) is 17.3 Å². The molecule has 4 fully saturated rings. The van der Waals surface area contributed by atoms with Crippen LogP contribution in [0.2, 0.25) is 0 Å². The molecule has 0 bridgehead atoms. The van der Waals surface area contributed by atoms with Gasteiger partial charge in [0.05, 0.1) is 16.9 Å². The predicted molar refractivity (Wildman–Crippen MR) is 168 cm³/mol. The molecule has 1 amide bonds. The van der Waals surface area contributed by atoms with Crippen LogP contribution in [0.1, 0.15) is 47.9 Å². The number of fused-ring (bicyclic) bond motifs is 1. The van der Waals surface area contributed by atoms with E-state index in [-0.39, 0.29) is 17.1 Å². The number of benzene rings is 1. The number of aromatic nitrogens is 3. The van der Waals surface area contributed by atoms with E-state index >= 15 is 0 Å². The molecule has 0 atom stereocenters. The monoisotopic (exact) mass is 627 g/mol. The first-order valence-corrected chi connectivity index (χ1v) is 16.3. The maximum absolute atomic E-state index is 13.6. The SMILES string of the molecule is Cc1cc(N2CC3(CN(C(=O)C4(O)CCOCC4)C3)C2)cc2c(N(C)c3nc(-c4ccc(F)cc4)c(C#N)s3)c(C3CC3)nn12. The number of thiazole rings is 1. The molecule has 1 saturated carbocycles. The van der Waals surface area contributed by atoms with Crippen LogP contribution >= 0.6 is 11.3 Å². The van der Waals surface area contributed by atoms with Gasteiger partial charge in [-0.2, -0.15) is 10.4 Å². The highest BCUT2D eigenvalue weighted by Gasteiger charge is 2.56. The second kappa shape index (κ2) is 10.2. The normalized spacial score (nSPS) is 20.2. The first-order valence-electron chi connectivity index (χ1n) is 15.5. The van der Waals surface area contributed by atoms with Crippen LogP contribution in [0.15, 0.2) is 36.4 Å². The number of rotatable bonds is 6. The summed E-state index contributed by atoms with van der Waals surface area (Å²) in [4.78, 5) is 24.6. The minimum atomic E-state index is -1.29. The second-order valence-corrected chi connectivity index (χ2v) is 14.2. The number of amides is 1. The lowest BCUT2D eigenvalue weighted by Crippen LogP contribution is -2.75. The molecule has 8 rings (SSSR count). The van der Waals surface area contributed by atoms with E-state index in [1.807, 2.05) is 21.4 Å². The van der Waals surface area contributed by atoms with E-state index in [1.165, 1.54) is 23.5 Å². The van der Waals surface area contributed by atoms with Crippen LogP contribution in [0.5, 0.6) is 0 Å². The van der Waals surface area contributed by atoms with Gasteiger partial charge in [0.1, 0.15) is 28.1 Å². The van der Waals surface area contributed by atoms with Gasteiger partial charge in [0.25, 0.3) is 5.91 Å². The molecule has 0 unspecified atom stereocenters. The van der Waals surface area contributed by atoms with Gasteiger partial charge in [-0.3, -0.25) is 4.79 Å². The lowest BCUT2D eigenvalue weighted by molar-refractivity contribution is -0.174. The van der Waals surface area contributed by atoms with Gasteiger partial charge in [0.2, 0.25) is 0 Å². The minimum absolute atomic E-state index is 0.0571. The minimum Gasteiger partial charge on any atom is -0.381 e. The van der Waals surface area contributed by atoms with Crippen molar-refractivity contribution < 1.29 is 19.0 Å². The van der Waals surface area contributed by atoms with Crippen molar-refractivity contribution in [1.82, 2.24) is 19.5 Å². The first kappa shape index (κ1) is 28.4. The average Bonchev–Trinajstić information content (AvgIpc) is 3.63. The van der Waals surface area contributed by atoms with Crippen molar-refractivity contribution in [3.63, 3.8) is 0 Å². The van der Waals surface area contributed by atoms with Crippen LogP contribution in [-0.2, 0) is 9.53 Å². The van der Waals surface area contributed by atoms with Crippen molar-refractivity contribution in [2.24, 2.45) is 5.41 Å². The molecular weight excluding hydrogens is 593 g/mol. The number of aliphatic hydroxyl groups is 1. The molecular formula is C33H34FN7O3S. The van der Waals surface area contributed by atoms with E-state index in [9.17, 15) is 19.6 Å². The lowest BCUT2D eigenvalue weighted by Gasteiger charge is -2.61. The zero-order valence-corrected chi connectivity index (χ0v) is 26.1. The Labute approximate surface area is 264 Å². The summed E-state index contributed by atoms with van der Waals surface area (Å²) < 4.78 is 21.0. The van der Waals surface area contributed by atoms with Gasteiger partial charge in [0, 0.05) is 87.6 Å². The third-order valence-electron chi connectivity index (χ3n) is 9.79. The summed E-state index contributed by atoms with van der Waals surface area (Å²) in [6, 6.07) is 12.7. The smallest absolute Gasteiger partial charge is 0.254 e. The summed E-state index contributed by atoms with van der Waals surface area (Å²) in [6.45, 7) is 5.94. The summed E-state index contributed by atoms with van der Waals surface area (Å²) in [7, 11) is 1.98. The molecule has 3 saturated heterocycles. The Kier molecular flexibility index (Phi) is 6.47. The van der Waals surface area contributed by atoms with E-state index in [0.717, 1.165) is 54.2 Å². The quantitative estimate of drug-likeness (QED) is 0.330. The highest BCUT2D eigenvalue weighted by atomic mass is 32.1. The topological polar surface area (TPSA) is 110 Å². The van der Waals surface area contributed by atoms with E-state index in [0.29, 0.717) is 66.3 Å². The van der Waals surface area contributed by atoms with Crippen LogP contribution in [0.4, 0.5) is 20.9 Å². The summed E-state index contributed by atoms with van der Waals surface area (Å²) in [5.74, 6) is -0.106. The Balaban J connectivity index is 1.07. The number of ether oxygens (including phenoxy) is 1. The lowest BCUT2D eigenvalue weighted by atomic mass is 9.71. The predicted octanol–water partition coefficient (Wildman–Crippen LogP) is 4.61. The molecule has 12 heteroatoms. The molecule has 1 spiro atoms. The molecule has 232 valence electrons. The summed E-state index contributed by atoms with van der Waals surface area (Å²) >= 11 is 1.32. The zero-order valence-electron chi connectivity index (χ0n) is 25.3. The Morgan fingerprint density at radius 3 is 2.53 bits per heavy atom. The fourth-order valence-electron chi connectivity index (χ4n) is 7.15. The molecule has 10 nitrogen and oxygen atoms in total. The summed E-state index contributed by atoms with van der Waals surface area (Å²) in [5.41, 5.74) is 5.17. The van der Waals surface area contributed by atoms with E-state index < -0.39 is 5.60 Å². The highest BCUT2D eigenvalue weighted by Crippen LogP contribution is 2.49. The molecule has 1 aliphatic carbocycles. The summed E-state index contributed by atoms with van der Waals surface area (Å²) in [5, 5.41) is 26.5. The zero-order chi connectivity index (χ0) is 31.1. The molecule has 0 radical (unpaired) electrons. The second-order valence-electron chi connectivity index (χ2n) is 13.2. The van der Waals surface area contributed by atoms with Crippen molar-refractivity contribution >= 4 is 39.3 Å². The number of carbonyl (C=O) groups is 1. The van der Waals surface area contributed by atoms with E-state index in [2.05, 4.69) is 30.0 Å². The van der Waals surface area contributed by atoms with Gasteiger partial charge in [-0.25, -0.2) is 13.9 Å². The highest BCUT2D eigenvalue weighted by molar-refractivity contribution is 7.16. The standard InChI is InChI=1S/C33H34FN7O3S/c1-20-13-24(39-16-32(17-39)18-40(19-32)30(42)33(43)9-11-44-12-10-33)14-25-29(28(22-3-4-22)37-41(20)25)38(2)31-36-27(26(15-35)45-31)21-5-7-23(34)8-6-21/h5-8,13-14,22,43H,3-4,9-12,16-19H2,1-2H3. The number of pyridine rings is 1. The maximum Gasteiger partial charge on any atom is 0.254 e. The molecule has 3 aliphatic heterocycles. The number of carbonyl (C=O) groups excluding carboxylic acids is 1. The number of likely N-dealkylation sites (tertiary alicyclic amines) is 1. The van der Waals surface area contributed by atoms with Gasteiger partial charge in [-0.05, 0) is 56.2 Å². The van der Waals surface area contributed by atoms with Gasteiger partial charge >= 0.3 is 0 Å². The molecule has 4 aromatic rings. The molecule has 1 N–H and O–H groups in total. The number of nitrogens with zero attached hydrogens (tertiary/aromatic N) is 7. The van der Waals surface area contributed by atoms with Gasteiger partial charge in [-0.1, -0.05) is 11.3 Å². The van der Waals surface area contributed by atoms with E-state index in [1.54, 1.807) is 12.1 Å². The number of halogens is 1. The molecule has 3 aromatic heterocycles. The largest absolute Gasteiger partial charge is 0.381 e. The van der Waals surface area contributed by atoms with Crippen LogP contribution in [0.25, 0.3) is 16.8 Å². The first-order chi connectivity index (χ1) is 21.7. The van der Waals surface area contributed by atoms with Crippen molar-refractivity contribution in [3.05, 3.63) is 58.5 Å². The van der Waals surface area contributed by atoms with Crippen molar-refractivity contribution in [2.45, 2.75) is 44.1 Å². The number of hydrogen-bond donors (Lipinski definition) is 1. The summed E-state index contributed by atoms with van der Waals surface area (Å²) in [6.07, 6.45) is 2.89. The Morgan fingerprint density at radius 2 is 1.87 bits per heavy atom. The molecule has 6 heterocycles. The molecule has 1 aromatic carbocycles. The van der Waals surface area contributed by atoms with Gasteiger partial charge < -0.3 is 24.5 Å². The number of anilines is 3. The third-order valence-corrected chi connectivity index (χ3v) is 10.8. The fourth-order valence-corrected chi connectivity index (χ4v) is 8.00. The molecule has 45 heavy (non-hydrogen) atoms. The number of hydrogen-bond acceptors (Lipinski definition) is 9. The Hall–Kier alpha value is -4.05. The van der Waals surface area contributed by atoms with Crippen LogP contribution in [0, 0.1) is 29.5 Å². The fraction of sp³-hybridized carbons (Fsp3) is 0.455. The van der Waals surface area contributed by atoms with Gasteiger partial charge in [-0.15, -0.1) is 0 Å². The van der Waals surface area contributed by atoms with E-state index in [4.69, 9.17) is 14.8 Å². The van der Waals surface area contributed by atoms with Crippen LogP contribution in [0.3, 0.4) is 0 Å². The molecule has 4 aliphatic rings. The average molecular weight is 628 g/mol. The third kappa shape index (κ3) is 4.67. The number of aryl methyl sites for hydroxylation is 1.